The summed E-state index contributed by atoms with van der Waals surface area (Å²) in [5, 5.41) is 21.5. The summed E-state index contributed by atoms with van der Waals surface area (Å²) < 4.78 is 40.2. The van der Waals surface area contributed by atoms with Gasteiger partial charge in [0.15, 0.2) is 0 Å². The van der Waals surface area contributed by atoms with Gasteiger partial charge in [0.1, 0.15) is 0 Å². The number of hydrogen-bond acceptors (Lipinski definition) is 4. The van der Waals surface area contributed by atoms with Crippen LogP contribution in [0.25, 0.3) is 10.8 Å². The maximum absolute atomic E-state index is 13.0. The molecule has 10 heteroatoms. The van der Waals surface area contributed by atoms with Crippen molar-refractivity contribution in [3.63, 3.8) is 0 Å². The molecule has 2 aromatic carbocycles. The highest BCUT2D eigenvalue weighted by Gasteiger charge is 2.33. The second kappa shape index (κ2) is 9.09. The molecule has 1 amide bonds. The van der Waals surface area contributed by atoms with Gasteiger partial charge in [0.25, 0.3) is 5.56 Å². The zero-order valence-corrected chi connectivity index (χ0v) is 16.7. The lowest BCUT2D eigenvalue weighted by atomic mass is 10.1. The number of nitrogens with zero attached hydrogens (tertiary/aromatic N) is 1. The van der Waals surface area contributed by atoms with Crippen LogP contribution in [0, 0.1) is 0 Å². The number of nitrogens with one attached hydrogen (secondary N) is 1. The summed E-state index contributed by atoms with van der Waals surface area (Å²) in [4.78, 5) is 25.1. The van der Waals surface area contributed by atoms with Gasteiger partial charge in [-0.2, -0.15) is 13.2 Å². The third kappa shape index (κ3) is 4.90. The Bertz CT molecular complexity index is 1170. The third-order valence-corrected chi connectivity index (χ3v) is 5.09. The van der Waals surface area contributed by atoms with Crippen molar-refractivity contribution >= 4 is 34.0 Å². The van der Waals surface area contributed by atoms with E-state index in [4.69, 9.17) is 11.6 Å². The molecule has 0 unspecified atom stereocenters. The van der Waals surface area contributed by atoms with Gasteiger partial charge < -0.3 is 20.1 Å². The molecule has 0 aliphatic carbocycles. The standard InChI is InChI=1S/C21H18ClF3N2O4/c22-17-5-4-12(8-16(17)21(23,24)25)9-19(30)26-18-3-1-2-15-14(18)6-7-27(20(15)31)13(10-28)11-29/h1-8,13,28-29H,9-11H2,(H,26,30). The summed E-state index contributed by atoms with van der Waals surface area (Å²) in [5.41, 5.74) is -1.05. The van der Waals surface area contributed by atoms with Crippen molar-refractivity contribution in [1.82, 2.24) is 4.57 Å². The Labute approximate surface area is 179 Å². The topological polar surface area (TPSA) is 91.6 Å². The second-order valence-corrected chi connectivity index (χ2v) is 7.26. The average molecular weight is 455 g/mol. The summed E-state index contributed by atoms with van der Waals surface area (Å²) in [6.45, 7) is -0.862. The third-order valence-electron chi connectivity index (χ3n) is 4.76. The van der Waals surface area contributed by atoms with Gasteiger partial charge in [0, 0.05) is 22.7 Å². The van der Waals surface area contributed by atoms with E-state index in [-0.39, 0.29) is 17.4 Å². The first-order valence-electron chi connectivity index (χ1n) is 9.16. The first kappa shape index (κ1) is 22.8. The number of fused-ring (bicyclic) bond motifs is 1. The van der Waals surface area contributed by atoms with Gasteiger partial charge >= 0.3 is 6.18 Å². The molecule has 0 atom stereocenters. The minimum Gasteiger partial charge on any atom is -0.394 e. The number of aromatic nitrogens is 1. The lowest BCUT2D eigenvalue weighted by Gasteiger charge is -2.16. The predicted octanol–water partition coefficient (Wildman–Crippen LogP) is 3.38. The molecule has 3 N–H and O–H groups in total. The van der Waals surface area contributed by atoms with Gasteiger partial charge in [0.05, 0.1) is 36.3 Å². The highest BCUT2D eigenvalue weighted by atomic mass is 35.5. The Kier molecular flexibility index (Phi) is 6.68. The molecule has 164 valence electrons. The van der Waals surface area contributed by atoms with Crippen LogP contribution in [0.4, 0.5) is 18.9 Å². The smallest absolute Gasteiger partial charge is 0.394 e. The van der Waals surface area contributed by atoms with Crippen molar-refractivity contribution < 1.29 is 28.2 Å². The number of hydrogen-bond donors (Lipinski definition) is 3. The van der Waals surface area contributed by atoms with Crippen molar-refractivity contribution in [2.75, 3.05) is 18.5 Å². The van der Waals surface area contributed by atoms with E-state index in [1.807, 2.05) is 0 Å². The predicted molar refractivity (Wildman–Crippen MR) is 110 cm³/mol. The van der Waals surface area contributed by atoms with Crippen LogP contribution in [0.15, 0.2) is 53.5 Å². The molecule has 0 spiro atoms. The van der Waals surface area contributed by atoms with Crippen LogP contribution in [-0.4, -0.2) is 33.9 Å². The minimum absolute atomic E-state index is 0.130. The van der Waals surface area contributed by atoms with Gasteiger partial charge in [0.2, 0.25) is 5.91 Å². The summed E-state index contributed by atoms with van der Waals surface area (Å²) in [6, 6.07) is 8.63. The van der Waals surface area contributed by atoms with E-state index in [2.05, 4.69) is 5.32 Å². The number of rotatable bonds is 6. The zero-order valence-electron chi connectivity index (χ0n) is 16.0. The van der Waals surface area contributed by atoms with Crippen molar-refractivity contribution in [2.45, 2.75) is 18.6 Å². The highest BCUT2D eigenvalue weighted by molar-refractivity contribution is 6.31. The van der Waals surface area contributed by atoms with Crippen molar-refractivity contribution in [2.24, 2.45) is 0 Å². The van der Waals surface area contributed by atoms with Crippen molar-refractivity contribution in [3.8, 4) is 0 Å². The molecule has 0 bridgehead atoms. The van der Waals surface area contributed by atoms with E-state index >= 15 is 0 Å². The number of aliphatic hydroxyl groups excluding tert-OH is 2. The van der Waals surface area contributed by atoms with Crippen molar-refractivity contribution in [3.05, 3.63) is 75.2 Å². The minimum atomic E-state index is -4.64. The van der Waals surface area contributed by atoms with Gasteiger partial charge in [-0.1, -0.05) is 23.7 Å². The van der Waals surface area contributed by atoms with Gasteiger partial charge in [-0.25, -0.2) is 0 Å². The summed E-state index contributed by atoms with van der Waals surface area (Å²) in [5.74, 6) is -0.573. The Morgan fingerprint density at radius 2 is 1.81 bits per heavy atom. The van der Waals surface area contributed by atoms with E-state index in [1.54, 1.807) is 18.2 Å². The molecule has 3 rings (SSSR count). The molecule has 0 saturated carbocycles. The molecular formula is C21H18ClF3N2O4. The molecule has 0 aliphatic rings. The Morgan fingerprint density at radius 3 is 2.45 bits per heavy atom. The quantitative estimate of drug-likeness (QED) is 0.532. The summed E-state index contributed by atoms with van der Waals surface area (Å²) in [7, 11) is 0. The number of amides is 1. The van der Waals surface area contributed by atoms with Crippen LogP contribution >= 0.6 is 11.6 Å². The molecule has 0 fully saturated rings. The summed E-state index contributed by atoms with van der Waals surface area (Å²) >= 11 is 5.60. The first-order valence-corrected chi connectivity index (χ1v) is 9.54. The number of halogens is 4. The van der Waals surface area contributed by atoms with Crippen LogP contribution < -0.4 is 10.9 Å². The van der Waals surface area contributed by atoms with E-state index in [1.165, 1.54) is 22.9 Å². The fourth-order valence-corrected chi connectivity index (χ4v) is 3.43. The second-order valence-electron chi connectivity index (χ2n) is 6.85. The van der Waals surface area contributed by atoms with Gasteiger partial charge in [-0.15, -0.1) is 0 Å². The molecular weight excluding hydrogens is 437 g/mol. The number of alkyl halides is 3. The molecule has 0 radical (unpaired) electrons. The normalized spacial score (nSPS) is 11.8. The monoisotopic (exact) mass is 454 g/mol. The highest BCUT2D eigenvalue weighted by Crippen LogP contribution is 2.35. The van der Waals surface area contributed by atoms with Crippen LogP contribution in [0.5, 0.6) is 0 Å². The van der Waals surface area contributed by atoms with Crippen molar-refractivity contribution in [1.29, 1.82) is 0 Å². The van der Waals surface area contributed by atoms with E-state index in [9.17, 15) is 33.0 Å². The number of pyridine rings is 1. The largest absolute Gasteiger partial charge is 0.417 e. The maximum Gasteiger partial charge on any atom is 0.417 e. The Hall–Kier alpha value is -2.88. The zero-order chi connectivity index (χ0) is 22.8. The molecule has 0 aliphatic heterocycles. The van der Waals surface area contributed by atoms with Crippen LogP contribution in [0.2, 0.25) is 5.02 Å². The number of benzene rings is 2. The summed E-state index contributed by atoms with van der Waals surface area (Å²) in [6.07, 6.45) is -3.57. The van der Waals surface area contributed by atoms with E-state index in [0.717, 1.165) is 12.1 Å². The molecule has 31 heavy (non-hydrogen) atoms. The lowest BCUT2D eigenvalue weighted by Crippen LogP contribution is -2.29. The van der Waals surface area contributed by atoms with Crippen LogP contribution in [0.3, 0.4) is 0 Å². The molecule has 1 aromatic heterocycles. The first-order chi connectivity index (χ1) is 14.7. The Morgan fingerprint density at radius 1 is 1.10 bits per heavy atom. The van der Waals surface area contributed by atoms with Crippen LogP contribution in [-0.2, 0) is 17.4 Å². The molecule has 1 heterocycles. The molecule has 0 saturated heterocycles. The van der Waals surface area contributed by atoms with Gasteiger partial charge in [-0.05, 0) is 35.9 Å². The number of carbonyl (C=O) groups is 1. The van der Waals surface area contributed by atoms with E-state index in [0.29, 0.717) is 11.1 Å². The number of carbonyl (C=O) groups excluding carboxylic acids is 1. The van der Waals surface area contributed by atoms with E-state index < -0.39 is 47.5 Å². The number of anilines is 1. The lowest BCUT2D eigenvalue weighted by molar-refractivity contribution is -0.137. The maximum atomic E-state index is 13.0. The van der Waals surface area contributed by atoms with Gasteiger partial charge in [-0.3, -0.25) is 9.59 Å². The molecule has 3 aromatic rings. The van der Waals surface area contributed by atoms with Crippen LogP contribution in [0.1, 0.15) is 17.2 Å². The molecule has 6 nitrogen and oxygen atoms in total. The Balaban J connectivity index is 1.88. The average Bonchev–Trinajstić information content (AvgIpc) is 2.71. The number of aliphatic hydroxyl groups is 2. The fourth-order valence-electron chi connectivity index (χ4n) is 3.20. The SMILES string of the molecule is O=C(Cc1ccc(Cl)c(C(F)(F)F)c1)Nc1cccc2c(=O)n(C(CO)CO)ccc12. The fraction of sp³-hybridized carbons (Fsp3) is 0.238.